The number of amides is 1. The van der Waals surface area contributed by atoms with E-state index in [-0.39, 0.29) is 11.6 Å². The topological polar surface area (TPSA) is 87.5 Å². The lowest BCUT2D eigenvalue weighted by molar-refractivity contribution is -0.384. The van der Waals surface area contributed by atoms with Crippen LogP contribution in [0.1, 0.15) is 36.0 Å². The Bertz CT molecular complexity index is 607. The second-order valence-electron chi connectivity index (χ2n) is 6.24. The van der Waals surface area contributed by atoms with Crippen molar-refractivity contribution < 1.29 is 9.72 Å². The lowest BCUT2D eigenvalue weighted by Crippen LogP contribution is -2.43. The molecule has 1 saturated heterocycles. The number of rotatable bonds is 5. The summed E-state index contributed by atoms with van der Waals surface area (Å²) in [5.74, 6) is -0.313. The van der Waals surface area contributed by atoms with Crippen LogP contribution in [-0.2, 0) is 0 Å². The maximum Gasteiger partial charge on any atom is 0.293 e. The molecule has 2 aliphatic rings. The third kappa shape index (κ3) is 3.61. The van der Waals surface area contributed by atoms with E-state index >= 15 is 0 Å². The predicted molar refractivity (Wildman–Crippen MR) is 87.9 cm³/mol. The molecule has 0 aromatic heterocycles. The Hall–Kier alpha value is -2.15. The van der Waals surface area contributed by atoms with Gasteiger partial charge in [-0.05, 0) is 37.8 Å². The first-order valence-corrected chi connectivity index (χ1v) is 8.10. The molecule has 1 heterocycles. The number of carbonyl (C=O) groups is 1. The number of piperidine rings is 1. The summed E-state index contributed by atoms with van der Waals surface area (Å²) >= 11 is 0. The Morgan fingerprint density at radius 1 is 1.22 bits per heavy atom. The Morgan fingerprint density at radius 3 is 2.43 bits per heavy atom. The van der Waals surface area contributed by atoms with Crippen LogP contribution in [0.25, 0.3) is 0 Å². The third-order valence-electron chi connectivity index (χ3n) is 4.55. The van der Waals surface area contributed by atoms with E-state index < -0.39 is 4.92 Å². The van der Waals surface area contributed by atoms with E-state index in [9.17, 15) is 14.9 Å². The average molecular weight is 318 g/mol. The van der Waals surface area contributed by atoms with Gasteiger partial charge in [-0.15, -0.1) is 0 Å². The van der Waals surface area contributed by atoms with Gasteiger partial charge in [0.25, 0.3) is 11.6 Å². The number of nitro groups is 1. The zero-order chi connectivity index (χ0) is 16.4. The highest BCUT2D eigenvalue weighted by Crippen LogP contribution is 2.32. The van der Waals surface area contributed by atoms with Crippen LogP contribution in [0.3, 0.4) is 0 Å². The minimum atomic E-state index is -0.406. The van der Waals surface area contributed by atoms with Gasteiger partial charge in [0, 0.05) is 43.9 Å². The first kappa shape index (κ1) is 15.7. The largest absolute Gasteiger partial charge is 0.366 e. The van der Waals surface area contributed by atoms with Gasteiger partial charge >= 0.3 is 0 Å². The Labute approximate surface area is 135 Å². The molecule has 7 nitrogen and oxygen atoms in total. The monoisotopic (exact) mass is 318 g/mol. The number of nitrogens with zero attached hydrogens (tertiary/aromatic N) is 2. The quantitative estimate of drug-likeness (QED) is 0.637. The number of carbonyl (C=O) groups excluding carboxylic acids is 1. The summed E-state index contributed by atoms with van der Waals surface area (Å²) in [5, 5.41) is 17.5. The van der Waals surface area contributed by atoms with Gasteiger partial charge in [0.05, 0.1) is 4.92 Å². The minimum Gasteiger partial charge on any atom is -0.366 e. The van der Waals surface area contributed by atoms with Crippen molar-refractivity contribution in [1.82, 2.24) is 10.6 Å². The normalized spacial score (nSPS) is 18.7. The molecule has 2 fully saturated rings. The molecule has 1 aromatic rings. The van der Waals surface area contributed by atoms with E-state index in [0.29, 0.717) is 23.3 Å². The SMILES string of the molecule is CNC(=O)c1ccc(N2CCC(NC3CC3)CC2)c([N+](=O)[O-])c1. The van der Waals surface area contributed by atoms with Gasteiger partial charge in [-0.2, -0.15) is 0 Å². The fourth-order valence-electron chi connectivity index (χ4n) is 3.09. The molecule has 1 aromatic carbocycles. The lowest BCUT2D eigenvalue weighted by atomic mass is 10.0. The molecule has 0 radical (unpaired) electrons. The first-order chi connectivity index (χ1) is 11.1. The van der Waals surface area contributed by atoms with E-state index in [1.165, 1.54) is 26.0 Å². The summed E-state index contributed by atoms with van der Waals surface area (Å²) in [6.07, 6.45) is 4.52. The van der Waals surface area contributed by atoms with Gasteiger partial charge in [-0.3, -0.25) is 14.9 Å². The van der Waals surface area contributed by atoms with Gasteiger partial charge in [-0.1, -0.05) is 0 Å². The van der Waals surface area contributed by atoms with Crippen molar-refractivity contribution >= 4 is 17.3 Å². The summed E-state index contributed by atoms with van der Waals surface area (Å²) in [6, 6.07) is 5.91. The molecular formula is C16H22N4O3. The van der Waals surface area contributed by atoms with Crippen molar-refractivity contribution in [2.24, 2.45) is 0 Å². The van der Waals surface area contributed by atoms with Crippen molar-refractivity contribution in [3.8, 4) is 0 Å². The summed E-state index contributed by atoms with van der Waals surface area (Å²) in [4.78, 5) is 24.7. The zero-order valence-electron chi connectivity index (χ0n) is 13.2. The van der Waals surface area contributed by atoms with E-state index in [2.05, 4.69) is 15.5 Å². The van der Waals surface area contributed by atoms with Gasteiger partial charge in [-0.25, -0.2) is 0 Å². The summed E-state index contributed by atoms with van der Waals surface area (Å²) in [6.45, 7) is 1.59. The number of hydrogen-bond acceptors (Lipinski definition) is 5. The average Bonchev–Trinajstić information content (AvgIpc) is 3.38. The third-order valence-corrected chi connectivity index (χ3v) is 4.55. The zero-order valence-corrected chi connectivity index (χ0v) is 13.2. The van der Waals surface area contributed by atoms with Crippen LogP contribution in [0.4, 0.5) is 11.4 Å². The van der Waals surface area contributed by atoms with Crippen LogP contribution in [0, 0.1) is 10.1 Å². The van der Waals surface area contributed by atoms with E-state index in [1.54, 1.807) is 12.1 Å². The molecule has 0 atom stereocenters. The predicted octanol–water partition coefficient (Wildman–Crippen LogP) is 1.68. The summed E-state index contributed by atoms with van der Waals surface area (Å²) < 4.78 is 0. The van der Waals surface area contributed by atoms with Crippen molar-refractivity contribution in [3.63, 3.8) is 0 Å². The lowest BCUT2D eigenvalue weighted by Gasteiger charge is -2.33. The second-order valence-corrected chi connectivity index (χ2v) is 6.24. The summed E-state index contributed by atoms with van der Waals surface area (Å²) in [5.41, 5.74) is 0.917. The molecular weight excluding hydrogens is 296 g/mol. The van der Waals surface area contributed by atoms with Crippen LogP contribution in [0.2, 0.25) is 0 Å². The molecule has 1 amide bonds. The fraction of sp³-hybridized carbons (Fsp3) is 0.562. The van der Waals surface area contributed by atoms with E-state index in [0.717, 1.165) is 25.9 Å². The van der Waals surface area contributed by atoms with Crippen molar-refractivity contribution in [2.75, 3.05) is 25.0 Å². The highest BCUT2D eigenvalue weighted by molar-refractivity contribution is 5.95. The Kier molecular flexibility index (Phi) is 4.47. The maximum atomic E-state index is 11.7. The van der Waals surface area contributed by atoms with Gasteiger partial charge in [0.1, 0.15) is 5.69 Å². The van der Waals surface area contributed by atoms with E-state index in [1.807, 2.05) is 0 Å². The second kappa shape index (κ2) is 6.54. The molecule has 124 valence electrons. The van der Waals surface area contributed by atoms with E-state index in [4.69, 9.17) is 0 Å². The standard InChI is InChI=1S/C16H22N4O3/c1-17-16(21)11-2-5-14(15(10-11)20(22)23)19-8-6-13(7-9-19)18-12-3-4-12/h2,5,10,12-13,18H,3-4,6-9H2,1H3,(H,17,21). The molecule has 2 N–H and O–H groups in total. The number of anilines is 1. The number of nitro benzene ring substituents is 1. The van der Waals surface area contributed by atoms with Crippen molar-refractivity contribution in [1.29, 1.82) is 0 Å². The van der Waals surface area contributed by atoms with Crippen LogP contribution in [-0.4, -0.2) is 43.1 Å². The van der Waals surface area contributed by atoms with Crippen molar-refractivity contribution in [3.05, 3.63) is 33.9 Å². The molecule has 1 aliphatic carbocycles. The highest BCUT2D eigenvalue weighted by Gasteiger charge is 2.29. The number of benzene rings is 1. The smallest absolute Gasteiger partial charge is 0.293 e. The van der Waals surface area contributed by atoms with Crippen LogP contribution >= 0.6 is 0 Å². The molecule has 0 unspecified atom stereocenters. The summed E-state index contributed by atoms with van der Waals surface area (Å²) in [7, 11) is 1.51. The number of nitrogens with one attached hydrogen (secondary N) is 2. The fourth-order valence-corrected chi connectivity index (χ4v) is 3.09. The van der Waals surface area contributed by atoms with Gasteiger partial charge < -0.3 is 15.5 Å². The molecule has 23 heavy (non-hydrogen) atoms. The van der Waals surface area contributed by atoms with Crippen LogP contribution in [0.15, 0.2) is 18.2 Å². The molecule has 7 heteroatoms. The highest BCUT2D eigenvalue weighted by atomic mass is 16.6. The molecule has 0 bridgehead atoms. The van der Waals surface area contributed by atoms with Crippen LogP contribution in [0.5, 0.6) is 0 Å². The van der Waals surface area contributed by atoms with Crippen LogP contribution < -0.4 is 15.5 Å². The number of hydrogen-bond donors (Lipinski definition) is 2. The van der Waals surface area contributed by atoms with Gasteiger partial charge in [0.2, 0.25) is 0 Å². The Morgan fingerprint density at radius 2 is 1.87 bits per heavy atom. The molecule has 3 rings (SSSR count). The molecule has 0 spiro atoms. The minimum absolute atomic E-state index is 0.000276. The Balaban J connectivity index is 1.73. The maximum absolute atomic E-state index is 11.7. The molecule has 1 aliphatic heterocycles. The van der Waals surface area contributed by atoms with Crippen molar-refractivity contribution in [2.45, 2.75) is 37.8 Å². The molecule has 1 saturated carbocycles. The van der Waals surface area contributed by atoms with Gasteiger partial charge in [0.15, 0.2) is 0 Å². The first-order valence-electron chi connectivity index (χ1n) is 8.10.